The van der Waals surface area contributed by atoms with Crippen molar-refractivity contribution in [1.29, 1.82) is 0 Å². The van der Waals surface area contributed by atoms with Crippen molar-refractivity contribution in [1.82, 2.24) is 5.32 Å². The first-order chi connectivity index (χ1) is 10.7. The molecular formula is C17H16ClNO3. The SMILES string of the molecule is O=C(NCCc1cccc(Cl)c1)C1COc2ccccc2O1. The highest BCUT2D eigenvalue weighted by molar-refractivity contribution is 6.30. The van der Waals surface area contributed by atoms with Crippen LogP contribution in [0.25, 0.3) is 0 Å². The molecule has 5 heteroatoms. The minimum atomic E-state index is -0.616. The molecule has 0 fully saturated rings. The van der Waals surface area contributed by atoms with Gasteiger partial charge in [-0.05, 0) is 36.2 Å². The van der Waals surface area contributed by atoms with Gasteiger partial charge in [-0.2, -0.15) is 0 Å². The molecule has 0 aliphatic carbocycles. The molecule has 1 unspecified atom stereocenters. The third-order valence-electron chi connectivity index (χ3n) is 3.40. The summed E-state index contributed by atoms with van der Waals surface area (Å²) in [5, 5.41) is 3.56. The van der Waals surface area contributed by atoms with E-state index in [-0.39, 0.29) is 12.5 Å². The van der Waals surface area contributed by atoms with Crippen molar-refractivity contribution < 1.29 is 14.3 Å². The van der Waals surface area contributed by atoms with Crippen molar-refractivity contribution in [2.24, 2.45) is 0 Å². The predicted molar refractivity (Wildman–Crippen MR) is 84.5 cm³/mol. The molecule has 0 saturated heterocycles. The molecule has 1 aliphatic rings. The van der Waals surface area contributed by atoms with E-state index in [1.165, 1.54) is 0 Å². The fraction of sp³-hybridized carbons (Fsp3) is 0.235. The van der Waals surface area contributed by atoms with Crippen LogP contribution in [-0.4, -0.2) is 25.2 Å². The molecule has 0 radical (unpaired) electrons. The number of hydrogen-bond donors (Lipinski definition) is 1. The molecule has 0 bridgehead atoms. The van der Waals surface area contributed by atoms with E-state index in [1.54, 1.807) is 6.07 Å². The monoisotopic (exact) mass is 317 g/mol. The van der Waals surface area contributed by atoms with Gasteiger partial charge in [0.05, 0.1) is 0 Å². The van der Waals surface area contributed by atoms with Gasteiger partial charge >= 0.3 is 0 Å². The van der Waals surface area contributed by atoms with Crippen molar-refractivity contribution in [2.75, 3.05) is 13.2 Å². The van der Waals surface area contributed by atoms with E-state index >= 15 is 0 Å². The number of fused-ring (bicyclic) bond motifs is 1. The summed E-state index contributed by atoms with van der Waals surface area (Å²) in [4.78, 5) is 12.1. The van der Waals surface area contributed by atoms with Gasteiger partial charge < -0.3 is 14.8 Å². The van der Waals surface area contributed by atoms with Gasteiger partial charge in [0.2, 0.25) is 6.10 Å². The molecular weight excluding hydrogens is 302 g/mol. The third kappa shape index (κ3) is 3.52. The average Bonchev–Trinajstić information content (AvgIpc) is 2.54. The lowest BCUT2D eigenvalue weighted by atomic mass is 10.1. The zero-order chi connectivity index (χ0) is 15.4. The van der Waals surface area contributed by atoms with E-state index in [2.05, 4.69) is 5.32 Å². The van der Waals surface area contributed by atoms with Gasteiger partial charge in [-0.15, -0.1) is 0 Å². The maximum Gasteiger partial charge on any atom is 0.264 e. The van der Waals surface area contributed by atoms with Crippen LogP contribution < -0.4 is 14.8 Å². The number of hydrogen-bond acceptors (Lipinski definition) is 3. The molecule has 4 nitrogen and oxygen atoms in total. The number of benzene rings is 2. The van der Waals surface area contributed by atoms with Crippen LogP contribution in [0.3, 0.4) is 0 Å². The summed E-state index contributed by atoms with van der Waals surface area (Å²) < 4.78 is 11.2. The Hall–Kier alpha value is -2.20. The maximum atomic E-state index is 12.1. The molecule has 0 spiro atoms. The summed E-state index contributed by atoms with van der Waals surface area (Å²) in [7, 11) is 0. The summed E-state index contributed by atoms with van der Waals surface area (Å²) in [6.45, 7) is 0.751. The Morgan fingerprint density at radius 2 is 2.00 bits per heavy atom. The lowest BCUT2D eigenvalue weighted by molar-refractivity contribution is -0.130. The Morgan fingerprint density at radius 1 is 1.18 bits per heavy atom. The number of ether oxygens (including phenoxy) is 2. The molecule has 3 rings (SSSR count). The standard InChI is InChI=1S/C17H16ClNO3/c18-13-5-3-4-12(10-13)8-9-19-17(20)16-11-21-14-6-1-2-7-15(14)22-16/h1-7,10,16H,8-9,11H2,(H,19,20). The molecule has 2 aromatic carbocycles. The number of nitrogens with one attached hydrogen (secondary N) is 1. The molecule has 114 valence electrons. The van der Waals surface area contributed by atoms with E-state index in [9.17, 15) is 4.79 Å². The Morgan fingerprint density at radius 3 is 2.82 bits per heavy atom. The zero-order valence-corrected chi connectivity index (χ0v) is 12.7. The van der Waals surface area contributed by atoms with E-state index < -0.39 is 6.10 Å². The summed E-state index contributed by atoms with van der Waals surface area (Å²) in [6.07, 6.45) is 0.102. The molecule has 22 heavy (non-hydrogen) atoms. The van der Waals surface area contributed by atoms with Crippen LogP contribution >= 0.6 is 11.6 Å². The summed E-state index contributed by atoms with van der Waals surface area (Å²) in [6, 6.07) is 14.9. The normalized spacial score (nSPS) is 16.1. The highest BCUT2D eigenvalue weighted by Gasteiger charge is 2.26. The second kappa shape index (κ2) is 6.71. The van der Waals surface area contributed by atoms with E-state index in [0.29, 0.717) is 23.1 Å². The fourth-order valence-electron chi connectivity index (χ4n) is 2.29. The molecule has 1 N–H and O–H groups in total. The molecule has 0 aromatic heterocycles. The van der Waals surface area contributed by atoms with Gasteiger partial charge in [0, 0.05) is 11.6 Å². The van der Waals surface area contributed by atoms with Gasteiger partial charge in [0.1, 0.15) is 6.61 Å². The number of carbonyl (C=O) groups is 1. The zero-order valence-electron chi connectivity index (χ0n) is 11.9. The highest BCUT2D eigenvalue weighted by atomic mass is 35.5. The first kappa shape index (κ1) is 14.7. The summed E-state index contributed by atoms with van der Waals surface area (Å²) >= 11 is 5.93. The second-order valence-electron chi connectivity index (χ2n) is 5.04. The van der Waals surface area contributed by atoms with Gasteiger partial charge in [0.25, 0.3) is 5.91 Å². The van der Waals surface area contributed by atoms with Crippen LogP contribution in [0.1, 0.15) is 5.56 Å². The summed E-state index contributed by atoms with van der Waals surface area (Å²) in [5.41, 5.74) is 1.08. The Kier molecular flexibility index (Phi) is 4.49. The smallest absolute Gasteiger partial charge is 0.264 e. The lowest BCUT2D eigenvalue weighted by Crippen LogP contribution is -2.44. The van der Waals surface area contributed by atoms with Crippen molar-refractivity contribution in [3.8, 4) is 11.5 Å². The average molecular weight is 318 g/mol. The molecule has 2 aromatic rings. The van der Waals surface area contributed by atoms with Gasteiger partial charge in [-0.25, -0.2) is 0 Å². The van der Waals surface area contributed by atoms with Crippen LogP contribution in [-0.2, 0) is 11.2 Å². The van der Waals surface area contributed by atoms with Gasteiger partial charge in [-0.1, -0.05) is 35.9 Å². The number of para-hydroxylation sites is 2. The molecule has 1 atom stereocenters. The van der Waals surface area contributed by atoms with Crippen LogP contribution in [0.2, 0.25) is 5.02 Å². The Balaban J connectivity index is 1.51. The van der Waals surface area contributed by atoms with Crippen LogP contribution in [0, 0.1) is 0 Å². The minimum Gasteiger partial charge on any atom is -0.485 e. The minimum absolute atomic E-state index is 0.170. The fourth-order valence-corrected chi connectivity index (χ4v) is 2.50. The second-order valence-corrected chi connectivity index (χ2v) is 5.47. The first-order valence-corrected chi connectivity index (χ1v) is 7.51. The van der Waals surface area contributed by atoms with E-state index in [1.807, 2.05) is 42.5 Å². The van der Waals surface area contributed by atoms with Crippen LogP contribution in [0.4, 0.5) is 0 Å². The van der Waals surface area contributed by atoms with E-state index in [4.69, 9.17) is 21.1 Å². The molecule has 1 amide bonds. The van der Waals surface area contributed by atoms with Crippen molar-refractivity contribution >= 4 is 17.5 Å². The Bertz CT molecular complexity index is 674. The Labute approximate surface area is 134 Å². The number of halogens is 1. The van der Waals surface area contributed by atoms with Crippen LogP contribution in [0.5, 0.6) is 11.5 Å². The van der Waals surface area contributed by atoms with Crippen molar-refractivity contribution in [3.05, 3.63) is 59.1 Å². The van der Waals surface area contributed by atoms with Crippen molar-refractivity contribution in [3.63, 3.8) is 0 Å². The summed E-state index contributed by atoms with van der Waals surface area (Å²) in [5.74, 6) is 1.10. The molecule has 0 saturated carbocycles. The third-order valence-corrected chi connectivity index (χ3v) is 3.64. The van der Waals surface area contributed by atoms with Crippen molar-refractivity contribution in [2.45, 2.75) is 12.5 Å². The van der Waals surface area contributed by atoms with E-state index in [0.717, 1.165) is 12.0 Å². The topological polar surface area (TPSA) is 47.6 Å². The number of rotatable bonds is 4. The maximum absolute atomic E-state index is 12.1. The quantitative estimate of drug-likeness (QED) is 0.943. The number of amides is 1. The van der Waals surface area contributed by atoms with Gasteiger partial charge in [-0.3, -0.25) is 4.79 Å². The predicted octanol–water partition coefficient (Wildman–Crippen LogP) is 2.84. The first-order valence-electron chi connectivity index (χ1n) is 7.13. The lowest BCUT2D eigenvalue weighted by Gasteiger charge is -2.25. The highest BCUT2D eigenvalue weighted by Crippen LogP contribution is 2.30. The molecule has 1 aliphatic heterocycles. The number of carbonyl (C=O) groups excluding carboxylic acids is 1. The van der Waals surface area contributed by atoms with Crippen LogP contribution in [0.15, 0.2) is 48.5 Å². The largest absolute Gasteiger partial charge is 0.485 e. The molecule has 1 heterocycles. The van der Waals surface area contributed by atoms with Gasteiger partial charge in [0.15, 0.2) is 11.5 Å².